The standard InChI is InChI=1S/C12H27N3O/c1-6-11(7-2)15(8-9(3)4)10(5)12(13)14-16/h9-11,16H,6-8H2,1-5H3,(H2,13,14). The van der Waals surface area contributed by atoms with Gasteiger partial charge in [-0.3, -0.25) is 4.90 Å². The lowest BCUT2D eigenvalue weighted by atomic mass is 10.0. The maximum atomic E-state index is 8.75. The highest BCUT2D eigenvalue weighted by atomic mass is 16.4. The number of nitrogens with zero attached hydrogens (tertiary/aromatic N) is 2. The molecule has 1 atom stereocenters. The van der Waals surface area contributed by atoms with E-state index in [-0.39, 0.29) is 6.04 Å². The number of hydrogen-bond acceptors (Lipinski definition) is 3. The second-order valence-electron chi connectivity index (χ2n) is 4.76. The summed E-state index contributed by atoms with van der Waals surface area (Å²) in [5.74, 6) is 0.877. The number of amidine groups is 1. The van der Waals surface area contributed by atoms with Crippen molar-refractivity contribution in [1.82, 2.24) is 4.90 Å². The fourth-order valence-electron chi connectivity index (χ4n) is 2.06. The third-order valence-corrected chi connectivity index (χ3v) is 3.03. The molecule has 0 saturated heterocycles. The van der Waals surface area contributed by atoms with Crippen LogP contribution < -0.4 is 5.73 Å². The number of oxime groups is 1. The molecule has 0 aliphatic heterocycles. The number of nitrogens with two attached hydrogens (primary N) is 1. The molecule has 0 spiro atoms. The summed E-state index contributed by atoms with van der Waals surface area (Å²) in [4.78, 5) is 2.33. The van der Waals surface area contributed by atoms with Crippen molar-refractivity contribution in [2.45, 2.75) is 59.5 Å². The minimum Gasteiger partial charge on any atom is -0.409 e. The molecule has 0 amide bonds. The first-order valence-corrected chi connectivity index (χ1v) is 6.20. The van der Waals surface area contributed by atoms with Crippen LogP contribution in [0.4, 0.5) is 0 Å². The molecule has 4 heteroatoms. The van der Waals surface area contributed by atoms with Gasteiger partial charge in [-0.1, -0.05) is 32.9 Å². The van der Waals surface area contributed by atoms with Gasteiger partial charge in [0.05, 0.1) is 6.04 Å². The van der Waals surface area contributed by atoms with Crippen molar-refractivity contribution in [3.05, 3.63) is 0 Å². The Labute approximate surface area is 99.5 Å². The molecule has 0 rings (SSSR count). The largest absolute Gasteiger partial charge is 0.409 e. The third kappa shape index (κ3) is 4.39. The normalized spacial score (nSPS) is 15.1. The molecule has 4 nitrogen and oxygen atoms in total. The summed E-state index contributed by atoms with van der Waals surface area (Å²) in [5, 5.41) is 11.9. The zero-order valence-corrected chi connectivity index (χ0v) is 11.3. The topological polar surface area (TPSA) is 61.8 Å². The summed E-state index contributed by atoms with van der Waals surface area (Å²) in [6.07, 6.45) is 2.18. The first-order chi connectivity index (χ1) is 7.47. The van der Waals surface area contributed by atoms with Gasteiger partial charge in [0.15, 0.2) is 5.84 Å². The molecule has 0 heterocycles. The Bertz CT molecular complexity index is 212. The quantitative estimate of drug-likeness (QED) is 0.305. The van der Waals surface area contributed by atoms with Crippen molar-refractivity contribution in [3.8, 4) is 0 Å². The Balaban J connectivity index is 4.77. The van der Waals surface area contributed by atoms with Crippen LogP contribution in [0.2, 0.25) is 0 Å². The van der Waals surface area contributed by atoms with Gasteiger partial charge in [0.25, 0.3) is 0 Å². The predicted octanol–water partition coefficient (Wildman–Crippen LogP) is 2.27. The molecule has 3 N–H and O–H groups in total. The maximum Gasteiger partial charge on any atom is 0.156 e. The van der Waals surface area contributed by atoms with Crippen molar-refractivity contribution in [2.24, 2.45) is 16.8 Å². The summed E-state index contributed by atoms with van der Waals surface area (Å²) in [6, 6.07) is 0.495. The van der Waals surface area contributed by atoms with E-state index in [4.69, 9.17) is 10.9 Å². The lowest BCUT2D eigenvalue weighted by molar-refractivity contribution is 0.146. The highest BCUT2D eigenvalue weighted by Crippen LogP contribution is 2.15. The van der Waals surface area contributed by atoms with E-state index in [0.29, 0.717) is 17.8 Å². The molecule has 0 aliphatic carbocycles. The Morgan fingerprint density at radius 1 is 1.25 bits per heavy atom. The third-order valence-electron chi connectivity index (χ3n) is 3.03. The van der Waals surface area contributed by atoms with E-state index in [2.05, 4.69) is 37.8 Å². The van der Waals surface area contributed by atoms with Crippen LogP contribution in [0.1, 0.15) is 47.5 Å². The summed E-state index contributed by atoms with van der Waals surface area (Å²) in [6.45, 7) is 11.7. The molecule has 0 fully saturated rings. The minimum atomic E-state index is -0.00250. The second-order valence-corrected chi connectivity index (χ2v) is 4.76. The van der Waals surface area contributed by atoms with Gasteiger partial charge in [-0.25, -0.2) is 0 Å². The number of rotatable bonds is 7. The SMILES string of the molecule is CCC(CC)N(CC(C)C)C(C)C(N)=NO. The van der Waals surface area contributed by atoms with Crippen molar-refractivity contribution in [3.63, 3.8) is 0 Å². The Kier molecular flexibility index (Phi) is 7.13. The monoisotopic (exact) mass is 229 g/mol. The fraction of sp³-hybridized carbons (Fsp3) is 0.917. The van der Waals surface area contributed by atoms with E-state index >= 15 is 0 Å². The fourth-order valence-corrected chi connectivity index (χ4v) is 2.06. The van der Waals surface area contributed by atoms with E-state index in [1.165, 1.54) is 0 Å². The molecule has 0 aliphatic rings. The smallest absolute Gasteiger partial charge is 0.156 e. The van der Waals surface area contributed by atoms with Crippen molar-refractivity contribution in [1.29, 1.82) is 0 Å². The van der Waals surface area contributed by atoms with E-state index in [1.54, 1.807) is 0 Å². The van der Waals surface area contributed by atoms with Crippen molar-refractivity contribution >= 4 is 5.84 Å². The van der Waals surface area contributed by atoms with Gasteiger partial charge in [0, 0.05) is 12.6 Å². The minimum absolute atomic E-state index is 0.00250. The van der Waals surface area contributed by atoms with E-state index in [9.17, 15) is 0 Å². The number of hydrogen-bond donors (Lipinski definition) is 2. The zero-order valence-electron chi connectivity index (χ0n) is 11.3. The van der Waals surface area contributed by atoms with Crippen LogP contribution in [0.5, 0.6) is 0 Å². The van der Waals surface area contributed by atoms with Crippen LogP contribution in [0.3, 0.4) is 0 Å². The highest BCUT2D eigenvalue weighted by molar-refractivity contribution is 5.84. The molecule has 0 aromatic carbocycles. The van der Waals surface area contributed by atoms with Crippen molar-refractivity contribution < 1.29 is 5.21 Å². The summed E-state index contributed by atoms with van der Waals surface area (Å²) in [5.41, 5.74) is 5.70. The van der Waals surface area contributed by atoms with Crippen LogP contribution in [-0.4, -0.2) is 34.6 Å². The van der Waals surface area contributed by atoms with E-state index in [1.807, 2.05) is 6.92 Å². The van der Waals surface area contributed by atoms with Crippen LogP contribution in [0.15, 0.2) is 5.16 Å². The van der Waals surface area contributed by atoms with Gasteiger partial charge in [-0.05, 0) is 25.7 Å². The summed E-state index contributed by atoms with van der Waals surface area (Å²) < 4.78 is 0. The van der Waals surface area contributed by atoms with Gasteiger partial charge < -0.3 is 10.9 Å². The maximum absolute atomic E-state index is 8.75. The van der Waals surface area contributed by atoms with Gasteiger partial charge in [0.2, 0.25) is 0 Å². The predicted molar refractivity (Wildman–Crippen MR) is 68.8 cm³/mol. The first kappa shape index (κ1) is 15.2. The molecule has 0 bridgehead atoms. The first-order valence-electron chi connectivity index (χ1n) is 6.20. The Morgan fingerprint density at radius 2 is 1.75 bits per heavy atom. The Morgan fingerprint density at radius 3 is 2.06 bits per heavy atom. The molecule has 0 aromatic rings. The molecule has 0 saturated carbocycles. The highest BCUT2D eigenvalue weighted by Gasteiger charge is 2.24. The average molecular weight is 229 g/mol. The molecular weight excluding hydrogens is 202 g/mol. The second kappa shape index (κ2) is 7.49. The molecule has 16 heavy (non-hydrogen) atoms. The molecular formula is C12H27N3O. The van der Waals surface area contributed by atoms with Crippen LogP contribution in [0.25, 0.3) is 0 Å². The Hall–Kier alpha value is -0.770. The van der Waals surface area contributed by atoms with E-state index in [0.717, 1.165) is 19.4 Å². The van der Waals surface area contributed by atoms with E-state index < -0.39 is 0 Å². The molecule has 0 radical (unpaired) electrons. The lowest BCUT2D eigenvalue weighted by Crippen LogP contribution is -2.49. The van der Waals surface area contributed by atoms with Crippen LogP contribution >= 0.6 is 0 Å². The lowest BCUT2D eigenvalue weighted by Gasteiger charge is -2.36. The molecule has 1 unspecified atom stereocenters. The van der Waals surface area contributed by atoms with Crippen molar-refractivity contribution in [2.75, 3.05) is 6.54 Å². The zero-order chi connectivity index (χ0) is 12.7. The summed E-state index contributed by atoms with van der Waals surface area (Å²) in [7, 11) is 0. The van der Waals surface area contributed by atoms with Crippen LogP contribution in [-0.2, 0) is 0 Å². The molecule has 96 valence electrons. The van der Waals surface area contributed by atoms with Gasteiger partial charge in [0.1, 0.15) is 0 Å². The van der Waals surface area contributed by atoms with Gasteiger partial charge in [-0.15, -0.1) is 0 Å². The van der Waals surface area contributed by atoms with Crippen LogP contribution in [0, 0.1) is 5.92 Å². The molecule has 0 aromatic heterocycles. The average Bonchev–Trinajstić information content (AvgIpc) is 2.26. The van der Waals surface area contributed by atoms with Gasteiger partial charge >= 0.3 is 0 Å². The van der Waals surface area contributed by atoms with Gasteiger partial charge in [-0.2, -0.15) is 0 Å². The summed E-state index contributed by atoms with van der Waals surface area (Å²) >= 11 is 0.